The summed E-state index contributed by atoms with van der Waals surface area (Å²) in [5.74, 6) is -0.742. The Hall–Kier alpha value is -3.65. The van der Waals surface area contributed by atoms with Crippen molar-refractivity contribution in [2.24, 2.45) is 0 Å². The minimum absolute atomic E-state index is 0.0972. The van der Waals surface area contributed by atoms with E-state index in [1.54, 1.807) is 54.6 Å². The summed E-state index contributed by atoms with van der Waals surface area (Å²) in [5, 5.41) is 5.35. The zero-order valence-corrected chi connectivity index (χ0v) is 18.7. The van der Waals surface area contributed by atoms with Crippen LogP contribution in [0.4, 0.5) is 17.1 Å². The van der Waals surface area contributed by atoms with E-state index in [9.17, 15) is 18.0 Å². The van der Waals surface area contributed by atoms with E-state index in [4.69, 9.17) is 0 Å². The first kappa shape index (κ1) is 23.0. The van der Waals surface area contributed by atoms with Crippen LogP contribution < -0.4 is 14.9 Å². The first-order valence-corrected chi connectivity index (χ1v) is 11.6. The van der Waals surface area contributed by atoms with Crippen molar-refractivity contribution in [2.75, 3.05) is 21.5 Å². The number of sulfonamides is 1. The third kappa shape index (κ3) is 5.73. The van der Waals surface area contributed by atoms with Gasteiger partial charge in [0.05, 0.1) is 10.6 Å². The SMILES string of the molecule is CCc1ccc(N(CC(=O)Nc2cccc(NC(C)=O)c2)S(=O)(=O)c2ccccc2)cc1. The lowest BCUT2D eigenvalue weighted by molar-refractivity contribution is -0.115. The highest BCUT2D eigenvalue weighted by Crippen LogP contribution is 2.24. The van der Waals surface area contributed by atoms with Crippen LogP contribution in [0, 0.1) is 0 Å². The molecule has 0 aliphatic heterocycles. The summed E-state index contributed by atoms with van der Waals surface area (Å²) in [6.45, 7) is 2.99. The molecule has 3 aromatic carbocycles. The van der Waals surface area contributed by atoms with Crippen molar-refractivity contribution < 1.29 is 18.0 Å². The Morgan fingerprint density at radius 1 is 0.844 bits per heavy atom. The monoisotopic (exact) mass is 451 g/mol. The highest BCUT2D eigenvalue weighted by Gasteiger charge is 2.27. The van der Waals surface area contributed by atoms with Crippen molar-refractivity contribution in [2.45, 2.75) is 25.2 Å². The van der Waals surface area contributed by atoms with Crippen LogP contribution in [0.1, 0.15) is 19.4 Å². The normalized spacial score (nSPS) is 10.9. The van der Waals surface area contributed by atoms with Gasteiger partial charge in [-0.2, -0.15) is 0 Å². The fraction of sp³-hybridized carbons (Fsp3) is 0.167. The second-order valence-corrected chi connectivity index (χ2v) is 9.02. The second-order valence-electron chi connectivity index (χ2n) is 7.15. The minimum Gasteiger partial charge on any atom is -0.326 e. The van der Waals surface area contributed by atoms with Crippen molar-refractivity contribution in [1.82, 2.24) is 0 Å². The summed E-state index contributed by atoms with van der Waals surface area (Å²) in [4.78, 5) is 24.2. The number of nitrogens with zero attached hydrogens (tertiary/aromatic N) is 1. The third-order valence-electron chi connectivity index (χ3n) is 4.72. The summed E-state index contributed by atoms with van der Waals surface area (Å²) in [7, 11) is -3.97. The van der Waals surface area contributed by atoms with Crippen molar-refractivity contribution >= 4 is 38.9 Å². The molecule has 0 spiro atoms. The zero-order chi connectivity index (χ0) is 23.1. The molecule has 0 saturated heterocycles. The van der Waals surface area contributed by atoms with Gasteiger partial charge in [-0.1, -0.05) is 43.3 Å². The molecule has 0 aliphatic carbocycles. The van der Waals surface area contributed by atoms with Crippen molar-refractivity contribution in [3.8, 4) is 0 Å². The van der Waals surface area contributed by atoms with Gasteiger partial charge in [0.2, 0.25) is 11.8 Å². The molecule has 0 saturated carbocycles. The number of carbonyl (C=O) groups excluding carboxylic acids is 2. The molecule has 0 aromatic heterocycles. The number of aryl methyl sites for hydroxylation is 1. The molecule has 7 nitrogen and oxygen atoms in total. The van der Waals surface area contributed by atoms with Crippen molar-refractivity contribution in [3.05, 3.63) is 84.4 Å². The van der Waals surface area contributed by atoms with Crippen LogP contribution in [0.15, 0.2) is 83.8 Å². The van der Waals surface area contributed by atoms with E-state index in [-0.39, 0.29) is 10.8 Å². The number of nitrogens with one attached hydrogen (secondary N) is 2. The Morgan fingerprint density at radius 2 is 1.47 bits per heavy atom. The predicted molar refractivity (Wildman–Crippen MR) is 126 cm³/mol. The molecule has 2 amide bonds. The molecular formula is C24H25N3O4S. The first-order chi connectivity index (χ1) is 15.3. The van der Waals surface area contributed by atoms with Gasteiger partial charge < -0.3 is 10.6 Å². The Bertz CT molecular complexity index is 1190. The van der Waals surface area contributed by atoms with Crippen LogP contribution in [0.3, 0.4) is 0 Å². The van der Waals surface area contributed by atoms with Crippen LogP contribution in [0.5, 0.6) is 0 Å². The van der Waals surface area contributed by atoms with Gasteiger partial charge in [0.1, 0.15) is 6.54 Å². The van der Waals surface area contributed by atoms with Gasteiger partial charge in [-0.25, -0.2) is 8.42 Å². The Kier molecular flexibility index (Phi) is 7.27. The van der Waals surface area contributed by atoms with Gasteiger partial charge in [-0.15, -0.1) is 0 Å². The van der Waals surface area contributed by atoms with Crippen LogP contribution in [0.25, 0.3) is 0 Å². The summed E-state index contributed by atoms with van der Waals surface area (Å²) >= 11 is 0. The van der Waals surface area contributed by atoms with E-state index in [1.807, 2.05) is 19.1 Å². The minimum atomic E-state index is -3.97. The van der Waals surface area contributed by atoms with E-state index < -0.39 is 22.5 Å². The Labute approximate surface area is 188 Å². The molecule has 0 aliphatic rings. The number of carbonyl (C=O) groups is 2. The summed E-state index contributed by atoms with van der Waals surface area (Å²) in [6.07, 6.45) is 0.816. The number of anilines is 3. The summed E-state index contributed by atoms with van der Waals surface area (Å²) in [6, 6.07) is 21.7. The van der Waals surface area contributed by atoms with Crippen molar-refractivity contribution in [3.63, 3.8) is 0 Å². The lowest BCUT2D eigenvalue weighted by Crippen LogP contribution is -2.38. The molecule has 2 N–H and O–H groups in total. The maximum absolute atomic E-state index is 13.3. The lowest BCUT2D eigenvalue weighted by atomic mass is 10.1. The number of hydrogen-bond donors (Lipinski definition) is 2. The molecule has 0 fully saturated rings. The van der Waals surface area contributed by atoms with Gasteiger partial charge in [0.15, 0.2) is 0 Å². The molecule has 0 atom stereocenters. The van der Waals surface area contributed by atoms with E-state index in [1.165, 1.54) is 19.1 Å². The molecule has 0 unspecified atom stereocenters. The van der Waals surface area contributed by atoms with Crippen LogP contribution in [-0.4, -0.2) is 26.8 Å². The standard InChI is InChI=1S/C24H25N3O4S/c1-3-19-12-14-22(15-13-19)27(32(30,31)23-10-5-4-6-11-23)17-24(29)26-21-9-7-8-20(16-21)25-18(2)28/h4-16H,3,17H2,1-2H3,(H,25,28)(H,26,29). The average Bonchev–Trinajstić information content (AvgIpc) is 2.78. The van der Waals surface area contributed by atoms with E-state index in [2.05, 4.69) is 10.6 Å². The molecule has 0 radical (unpaired) electrons. The highest BCUT2D eigenvalue weighted by atomic mass is 32.2. The molecule has 3 aromatic rings. The first-order valence-electron chi connectivity index (χ1n) is 10.1. The number of benzene rings is 3. The lowest BCUT2D eigenvalue weighted by Gasteiger charge is -2.24. The second kappa shape index (κ2) is 10.1. The van der Waals surface area contributed by atoms with Gasteiger partial charge in [0.25, 0.3) is 10.0 Å². The molecular weight excluding hydrogens is 426 g/mol. The summed E-state index contributed by atoms with van der Waals surface area (Å²) in [5.41, 5.74) is 2.43. The Balaban J connectivity index is 1.88. The Morgan fingerprint density at radius 3 is 2.06 bits per heavy atom. The fourth-order valence-electron chi connectivity index (χ4n) is 3.14. The molecule has 32 heavy (non-hydrogen) atoms. The van der Waals surface area contributed by atoms with Gasteiger partial charge in [-0.05, 0) is 54.4 Å². The van der Waals surface area contributed by atoms with Gasteiger partial charge >= 0.3 is 0 Å². The van der Waals surface area contributed by atoms with Crippen LogP contribution in [-0.2, 0) is 26.0 Å². The number of amides is 2. The fourth-order valence-corrected chi connectivity index (χ4v) is 4.58. The molecule has 166 valence electrons. The average molecular weight is 452 g/mol. The number of rotatable bonds is 8. The smallest absolute Gasteiger partial charge is 0.264 e. The van der Waals surface area contributed by atoms with Gasteiger partial charge in [-0.3, -0.25) is 13.9 Å². The maximum atomic E-state index is 13.3. The highest BCUT2D eigenvalue weighted by molar-refractivity contribution is 7.92. The quantitative estimate of drug-likeness (QED) is 0.540. The van der Waals surface area contributed by atoms with E-state index >= 15 is 0 Å². The predicted octanol–water partition coefficient (Wildman–Crippen LogP) is 4.04. The number of hydrogen-bond acceptors (Lipinski definition) is 4. The topological polar surface area (TPSA) is 95.6 Å². The van der Waals surface area contributed by atoms with Crippen molar-refractivity contribution in [1.29, 1.82) is 0 Å². The summed E-state index contributed by atoms with van der Waals surface area (Å²) < 4.78 is 27.8. The van der Waals surface area contributed by atoms with E-state index in [0.717, 1.165) is 16.3 Å². The molecule has 3 rings (SSSR count). The maximum Gasteiger partial charge on any atom is 0.264 e. The molecule has 8 heteroatoms. The largest absolute Gasteiger partial charge is 0.326 e. The zero-order valence-electron chi connectivity index (χ0n) is 17.9. The molecule has 0 heterocycles. The third-order valence-corrected chi connectivity index (χ3v) is 6.51. The van der Waals surface area contributed by atoms with Crippen LogP contribution >= 0.6 is 0 Å². The van der Waals surface area contributed by atoms with Gasteiger partial charge in [0, 0.05) is 18.3 Å². The molecule has 0 bridgehead atoms. The van der Waals surface area contributed by atoms with Crippen LogP contribution in [0.2, 0.25) is 0 Å². The van der Waals surface area contributed by atoms with E-state index in [0.29, 0.717) is 17.1 Å².